The minimum absolute atomic E-state index is 0.0662. The van der Waals surface area contributed by atoms with Crippen molar-refractivity contribution in [2.75, 3.05) is 51.2 Å². The van der Waals surface area contributed by atoms with E-state index >= 15 is 0 Å². The van der Waals surface area contributed by atoms with Gasteiger partial charge in [-0.05, 0) is 12.1 Å². The first-order chi connectivity index (χ1) is 13.2. The fourth-order valence-corrected chi connectivity index (χ4v) is 2.95. The van der Waals surface area contributed by atoms with Crippen LogP contribution in [-0.2, 0) is 15.8 Å². The van der Waals surface area contributed by atoms with E-state index in [1.165, 1.54) is 0 Å². The Balaban J connectivity index is 1.86. The number of nitrogens with zero attached hydrogens (tertiary/aromatic N) is 3. The van der Waals surface area contributed by atoms with Crippen molar-refractivity contribution in [2.45, 2.75) is 12.6 Å². The monoisotopic (exact) mass is 404 g/mol. The summed E-state index contributed by atoms with van der Waals surface area (Å²) in [6.45, 7) is 3.51. The van der Waals surface area contributed by atoms with Crippen LogP contribution in [0, 0.1) is 5.92 Å². The highest BCUT2D eigenvalue weighted by Gasteiger charge is 2.32. The molecule has 1 atom stereocenters. The van der Waals surface area contributed by atoms with E-state index in [9.17, 15) is 27.9 Å². The maximum Gasteiger partial charge on any atom is 0.433 e. The van der Waals surface area contributed by atoms with Gasteiger partial charge in [-0.25, -0.2) is 4.98 Å². The maximum absolute atomic E-state index is 12.5. The molecule has 0 aromatic carbocycles. The molecule has 28 heavy (non-hydrogen) atoms. The van der Waals surface area contributed by atoms with Crippen LogP contribution in [0.15, 0.2) is 18.3 Å². The van der Waals surface area contributed by atoms with E-state index < -0.39 is 29.7 Å². The molecule has 1 aliphatic rings. The number of carbonyl (C=O) groups excluding carboxylic acids is 1. The molecule has 8 nitrogen and oxygen atoms in total. The van der Waals surface area contributed by atoms with Crippen LogP contribution in [0.1, 0.15) is 12.1 Å². The Hall–Kier alpha value is -2.24. The SMILES string of the molecule is O=C(C[C@H](CN1CCN(CCO)CC1)C(=O)O)Nc1ccc(C(F)(F)F)nc1. The van der Waals surface area contributed by atoms with Crippen LogP contribution in [0.2, 0.25) is 0 Å². The van der Waals surface area contributed by atoms with E-state index in [1.54, 1.807) is 0 Å². The number of β-amino-alcohol motifs (C(OH)–C–C–N with tert-alkyl or cyclic N) is 1. The molecular weight excluding hydrogens is 381 g/mol. The molecule has 0 bridgehead atoms. The first-order valence-corrected chi connectivity index (χ1v) is 8.80. The van der Waals surface area contributed by atoms with E-state index in [4.69, 9.17) is 5.11 Å². The van der Waals surface area contributed by atoms with E-state index in [2.05, 4.69) is 15.2 Å². The topological polar surface area (TPSA) is 106 Å². The van der Waals surface area contributed by atoms with Crippen molar-refractivity contribution in [3.8, 4) is 0 Å². The Labute approximate surface area is 160 Å². The summed E-state index contributed by atoms with van der Waals surface area (Å²) in [5.74, 6) is -2.65. The quantitative estimate of drug-likeness (QED) is 0.587. The highest BCUT2D eigenvalue weighted by molar-refractivity contribution is 5.93. The van der Waals surface area contributed by atoms with Crippen LogP contribution in [0.25, 0.3) is 0 Å². The summed E-state index contributed by atoms with van der Waals surface area (Å²) in [6.07, 6.45) is -3.98. The summed E-state index contributed by atoms with van der Waals surface area (Å²) in [5.41, 5.74) is -1.01. The largest absolute Gasteiger partial charge is 0.481 e. The summed E-state index contributed by atoms with van der Waals surface area (Å²) in [5, 5.41) is 20.7. The predicted molar refractivity (Wildman–Crippen MR) is 93.6 cm³/mol. The van der Waals surface area contributed by atoms with Crippen molar-refractivity contribution in [1.29, 1.82) is 0 Å². The van der Waals surface area contributed by atoms with Gasteiger partial charge < -0.3 is 15.5 Å². The van der Waals surface area contributed by atoms with E-state index in [0.717, 1.165) is 18.3 Å². The number of anilines is 1. The third-order valence-electron chi connectivity index (χ3n) is 4.48. The molecule has 1 saturated heterocycles. The van der Waals surface area contributed by atoms with Gasteiger partial charge in [-0.3, -0.25) is 19.4 Å². The highest BCUT2D eigenvalue weighted by Crippen LogP contribution is 2.27. The van der Waals surface area contributed by atoms with Crippen LogP contribution in [0.4, 0.5) is 18.9 Å². The van der Waals surface area contributed by atoms with Crippen LogP contribution < -0.4 is 5.32 Å². The zero-order valence-electron chi connectivity index (χ0n) is 15.2. The first kappa shape index (κ1) is 22.1. The Bertz CT molecular complexity index is 661. The number of amides is 1. The van der Waals surface area contributed by atoms with Crippen molar-refractivity contribution in [3.63, 3.8) is 0 Å². The lowest BCUT2D eigenvalue weighted by molar-refractivity contribution is -0.144. The fraction of sp³-hybridized carbons (Fsp3) is 0.588. The number of aliphatic hydroxyl groups is 1. The summed E-state index contributed by atoms with van der Waals surface area (Å²) in [6, 6.07) is 1.82. The van der Waals surface area contributed by atoms with Gasteiger partial charge in [0.1, 0.15) is 5.69 Å². The number of hydrogen-bond donors (Lipinski definition) is 3. The Kier molecular flexibility index (Phi) is 7.72. The molecule has 0 aliphatic carbocycles. The van der Waals surface area contributed by atoms with Crippen molar-refractivity contribution in [3.05, 3.63) is 24.0 Å². The van der Waals surface area contributed by atoms with E-state index in [-0.39, 0.29) is 25.3 Å². The number of rotatable bonds is 8. The van der Waals surface area contributed by atoms with E-state index in [1.807, 2.05) is 4.90 Å². The van der Waals surface area contributed by atoms with Crippen LogP contribution in [0.5, 0.6) is 0 Å². The van der Waals surface area contributed by atoms with Gasteiger partial charge in [-0.2, -0.15) is 13.2 Å². The van der Waals surface area contributed by atoms with Gasteiger partial charge >= 0.3 is 12.1 Å². The maximum atomic E-state index is 12.5. The number of alkyl halides is 3. The lowest BCUT2D eigenvalue weighted by Gasteiger charge is -2.35. The smallest absolute Gasteiger partial charge is 0.433 e. The van der Waals surface area contributed by atoms with Gasteiger partial charge in [-0.1, -0.05) is 0 Å². The molecule has 0 spiro atoms. The third kappa shape index (κ3) is 6.73. The van der Waals surface area contributed by atoms with Gasteiger partial charge in [0.05, 0.1) is 24.4 Å². The minimum atomic E-state index is -4.57. The number of carboxylic acid groups (broad SMARTS) is 1. The highest BCUT2D eigenvalue weighted by atomic mass is 19.4. The number of pyridine rings is 1. The molecule has 2 rings (SSSR count). The minimum Gasteiger partial charge on any atom is -0.481 e. The standard InChI is InChI=1S/C17H23F3N4O4/c18-17(19,20)14-2-1-13(10-21-14)22-15(26)9-12(16(27)28)11-24-5-3-23(4-6-24)7-8-25/h1-2,10,12,25H,3-9,11H2,(H,22,26)(H,27,28)/t12-/m1/s1. The normalized spacial score (nSPS) is 17.3. The molecule has 1 aromatic heterocycles. The summed E-state index contributed by atoms with van der Waals surface area (Å²) in [7, 11) is 0. The first-order valence-electron chi connectivity index (χ1n) is 8.80. The van der Waals surface area contributed by atoms with Gasteiger partial charge in [0, 0.05) is 45.7 Å². The fourth-order valence-electron chi connectivity index (χ4n) is 2.95. The average Bonchev–Trinajstić information content (AvgIpc) is 2.62. The number of halogens is 3. The van der Waals surface area contributed by atoms with Crippen molar-refractivity contribution in [2.24, 2.45) is 5.92 Å². The number of piperazine rings is 1. The molecule has 2 heterocycles. The third-order valence-corrected chi connectivity index (χ3v) is 4.48. The molecule has 0 saturated carbocycles. The molecule has 1 aliphatic heterocycles. The number of aliphatic hydroxyl groups excluding tert-OH is 1. The second-order valence-corrected chi connectivity index (χ2v) is 6.58. The number of nitrogens with one attached hydrogen (secondary N) is 1. The molecule has 1 fully saturated rings. The molecule has 156 valence electrons. The molecule has 0 radical (unpaired) electrons. The summed E-state index contributed by atoms with van der Waals surface area (Å²) < 4.78 is 37.5. The molecule has 1 amide bonds. The van der Waals surface area contributed by atoms with E-state index in [0.29, 0.717) is 32.7 Å². The number of hydrogen-bond acceptors (Lipinski definition) is 6. The summed E-state index contributed by atoms with van der Waals surface area (Å²) in [4.78, 5) is 30.9. The number of carboxylic acids is 1. The zero-order valence-corrected chi connectivity index (χ0v) is 15.2. The molecule has 11 heteroatoms. The molecule has 1 aromatic rings. The lowest BCUT2D eigenvalue weighted by atomic mass is 10.0. The van der Waals surface area contributed by atoms with Crippen molar-refractivity contribution >= 4 is 17.6 Å². The molecular formula is C17H23F3N4O4. The Morgan fingerprint density at radius 2 is 1.82 bits per heavy atom. The van der Waals surface area contributed by atoms with Gasteiger partial charge in [0.15, 0.2) is 0 Å². The lowest BCUT2D eigenvalue weighted by Crippen LogP contribution is -2.49. The second-order valence-electron chi connectivity index (χ2n) is 6.58. The summed E-state index contributed by atoms with van der Waals surface area (Å²) >= 11 is 0. The second kappa shape index (κ2) is 9.80. The van der Waals surface area contributed by atoms with Gasteiger partial charge in [0.25, 0.3) is 0 Å². The number of carbonyl (C=O) groups is 2. The van der Waals surface area contributed by atoms with Crippen LogP contribution in [0.3, 0.4) is 0 Å². The molecule has 3 N–H and O–H groups in total. The number of aromatic nitrogens is 1. The zero-order chi connectivity index (χ0) is 20.7. The molecule has 0 unspecified atom stereocenters. The van der Waals surface area contributed by atoms with Crippen LogP contribution in [-0.4, -0.2) is 82.7 Å². The van der Waals surface area contributed by atoms with Crippen LogP contribution >= 0.6 is 0 Å². The van der Waals surface area contributed by atoms with Crippen molar-refractivity contribution in [1.82, 2.24) is 14.8 Å². The van der Waals surface area contributed by atoms with Crippen molar-refractivity contribution < 1.29 is 33.0 Å². The Morgan fingerprint density at radius 3 is 2.32 bits per heavy atom. The van der Waals surface area contributed by atoms with Gasteiger partial charge in [-0.15, -0.1) is 0 Å². The van der Waals surface area contributed by atoms with Gasteiger partial charge in [0.2, 0.25) is 5.91 Å². The predicted octanol–water partition coefficient (Wildman–Crippen LogP) is 0.740. The Morgan fingerprint density at radius 1 is 1.18 bits per heavy atom. The number of aliphatic carboxylic acids is 1. The average molecular weight is 404 g/mol.